The van der Waals surface area contributed by atoms with Crippen molar-refractivity contribution in [1.29, 1.82) is 0 Å². The van der Waals surface area contributed by atoms with Gasteiger partial charge in [-0.05, 0) is 26.2 Å². The lowest BCUT2D eigenvalue weighted by molar-refractivity contribution is -0.142. The monoisotopic (exact) mass is 301 g/mol. The van der Waals surface area contributed by atoms with Gasteiger partial charge >= 0.3 is 12.1 Å². The summed E-state index contributed by atoms with van der Waals surface area (Å²) >= 11 is 0. The molecule has 122 valence electrons. The zero-order chi connectivity index (χ0) is 16.4. The van der Waals surface area contributed by atoms with Gasteiger partial charge in [-0.2, -0.15) is 0 Å². The van der Waals surface area contributed by atoms with E-state index >= 15 is 0 Å². The number of carbonyl (C=O) groups excluding carboxylic acids is 1. The molecule has 1 N–H and O–H groups in total. The molecule has 0 aliphatic carbocycles. The Balaban J connectivity index is 2.69. The van der Waals surface area contributed by atoms with Crippen molar-refractivity contribution in [3.8, 4) is 0 Å². The molecule has 1 fully saturated rings. The lowest BCUT2D eigenvalue weighted by Gasteiger charge is -2.26. The van der Waals surface area contributed by atoms with E-state index in [9.17, 15) is 14.7 Å². The van der Waals surface area contributed by atoms with E-state index in [1.807, 2.05) is 20.8 Å². The Morgan fingerprint density at radius 2 is 1.76 bits per heavy atom. The van der Waals surface area contributed by atoms with Crippen LogP contribution in [0.5, 0.6) is 0 Å². The fourth-order valence-corrected chi connectivity index (χ4v) is 2.04. The molecule has 0 saturated carbocycles. The van der Waals surface area contributed by atoms with Gasteiger partial charge in [0.25, 0.3) is 0 Å². The first-order chi connectivity index (χ1) is 9.39. The molecule has 0 bridgehead atoms. The molecule has 1 aliphatic rings. The average Bonchev–Trinajstić information content (AvgIpc) is 2.67. The van der Waals surface area contributed by atoms with Crippen LogP contribution in [-0.4, -0.2) is 53.0 Å². The minimum absolute atomic E-state index is 0.00193. The Morgan fingerprint density at radius 3 is 2.19 bits per heavy atom. The normalized spacial score (nSPS) is 23.2. The largest absolute Gasteiger partial charge is 0.480 e. The van der Waals surface area contributed by atoms with E-state index in [0.29, 0.717) is 13.0 Å². The molecule has 1 aliphatic heterocycles. The molecule has 0 spiro atoms. The molecule has 6 nitrogen and oxygen atoms in total. The van der Waals surface area contributed by atoms with Crippen molar-refractivity contribution in [3.05, 3.63) is 0 Å². The third kappa shape index (κ3) is 5.91. The molecule has 0 unspecified atom stereocenters. The van der Waals surface area contributed by atoms with Crippen LogP contribution in [0.4, 0.5) is 4.79 Å². The first kappa shape index (κ1) is 17.8. The van der Waals surface area contributed by atoms with E-state index in [-0.39, 0.29) is 18.1 Å². The lowest BCUT2D eigenvalue weighted by Crippen LogP contribution is -2.43. The molecule has 1 saturated heterocycles. The van der Waals surface area contributed by atoms with Crippen molar-refractivity contribution in [2.45, 2.75) is 65.7 Å². The van der Waals surface area contributed by atoms with Gasteiger partial charge in [-0.25, -0.2) is 9.59 Å². The molecular weight excluding hydrogens is 274 g/mol. The zero-order valence-corrected chi connectivity index (χ0v) is 13.8. The first-order valence-corrected chi connectivity index (χ1v) is 7.23. The number of hydrogen-bond acceptors (Lipinski definition) is 4. The fourth-order valence-electron chi connectivity index (χ4n) is 2.04. The first-order valence-electron chi connectivity index (χ1n) is 7.23. The maximum atomic E-state index is 12.1. The summed E-state index contributed by atoms with van der Waals surface area (Å²) in [5, 5.41) is 9.27. The van der Waals surface area contributed by atoms with Gasteiger partial charge in [0.15, 0.2) is 0 Å². The zero-order valence-electron chi connectivity index (χ0n) is 13.8. The smallest absolute Gasteiger partial charge is 0.411 e. The highest BCUT2D eigenvalue weighted by Crippen LogP contribution is 2.25. The van der Waals surface area contributed by atoms with E-state index < -0.39 is 23.7 Å². The lowest BCUT2D eigenvalue weighted by atomic mass is 9.98. The minimum Gasteiger partial charge on any atom is -0.480 e. The van der Waals surface area contributed by atoms with Gasteiger partial charge in [0.05, 0.1) is 19.3 Å². The highest BCUT2D eigenvalue weighted by Gasteiger charge is 2.42. The second kappa shape index (κ2) is 6.22. The molecule has 0 aromatic heterocycles. The molecular formula is C15H27NO5. The van der Waals surface area contributed by atoms with Gasteiger partial charge in [0.2, 0.25) is 0 Å². The summed E-state index contributed by atoms with van der Waals surface area (Å²) in [7, 11) is 0. The molecule has 6 heteroatoms. The number of nitrogens with zero attached hydrogens (tertiary/aromatic N) is 1. The summed E-state index contributed by atoms with van der Waals surface area (Å²) in [5.41, 5.74) is -0.650. The third-order valence-electron chi connectivity index (χ3n) is 2.93. The maximum absolute atomic E-state index is 12.1. The molecule has 0 aromatic carbocycles. The SMILES string of the molecule is CC(C)(C)CO[C@@H]1C[C@@H](C(=O)O)N(C(=O)OC(C)(C)C)C1. The van der Waals surface area contributed by atoms with E-state index in [1.165, 1.54) is 4.90 Å². The van der Waals surface area contributed by atoms with Crippen LogP contribution in [0.1, 0.15) is 48.0 Å². The van der Waals surface area contributed by atoms with E-state index in [1.54, 1.807) is 20.8 Å². The van der Waals surface area contributed by atoms with Gasteiger partial charge in [-0.15, -0.1) is 0 Å². The van der Waals surface area contributed by atoms with Crippen molar-refractivity contribution in [2.75, 3.05) is 13.2 Å². The molecule has 0 radical (unpaired) electrons. The molecule has 21 heavy (non-hydrogen) atoms. The number of likely N-dealkylation sites (tertiary alicyclic amines) is 1. The Hall–Kier alpha value is -1.30. The van der Waals surface area contributed by atoms with Crippen molar-refractivity contribution in [3.63, 3.8) is 0 Å². The van der Waals surface area contributed by atoms with Crippen LogP contribution in [0, 0.1) is 5.41 Å². The van der Waals surface area contributed by atoms with Gasteiger partial charge < -0.3 is 14.6 Å². The van der Waals surface area contributed by atoms with Crippen molar-refractivity contribution >= 4 is 12.1 Å². The van der Waals surface area contributed by atoms with Crippen LogP contribution in [-0.2, 0) is 14.3 Å². The summed E-state index contributed by atoms with van der Waals surface area (Å²) in [4.78, 5) is 24.7. The van der Waals surface area contributed by atoms with Crippen LogP contribution < -0.4 is 0 Å². The second-order valence-corrected chi connectivity index (χ2v) is 7.72. The quantitative estimate of drug-likeness (QED) is 0.866. The Bertz CT molecular complexity index is 394. The van der Waals surface area contributed by atoms with E-state index in [4.69, 9.17) is 9.47 Å². The summed E-state index contributed by atoms with van der Waals surface area (Å²) in [6, 6.07) is -0.884. The topological polar surface area (TPSA) is 76.1 Å². The standard InChI is InChI=1S/C15H27NO5/c1-14(2,3)9-20-10-7-11(12(17)18)16(8-10)13(19)21-15(4,5)6/h10-11H,7-9H2,1-6H3,(H,17,18)/t10-,11+/m1/s1. The molecule has 1 heterocycles. The predicted octanol–water partition coefficient (Wildman–Crippen LogP) is 2.51. The van der Waals surface area contributed by atoms with Crippen molar-refractivity contribution in [2.24, 2.45) is 5.41 Å². The number of rotatable bonds is 3. The minimum atomic E-state index is -1.03. The van der Waals surface area contributed by atoms with Crippen LogP contribution >= 0.6 is 0 Å². The second-order valence-electron chi connectivity index (χ2n) is 7.72. The number of carboxylic acids is 1. The van der Waals surface area contributed by atoms with Crippen molar-refractivity contribution < 1.29 is 24.2 Å². The van der Waals surface area contributed by atoms with Gasteiger partial charge in [0, 0.05) is 6.42 Å². The number of hydrogen-bond donors (Lipinski definition) is 1. The highest BCUT2D eigenvalue weighted by molar-refractivity contribution is 5.81. The van der Waals surface area contributed by atoms with Gasteiger partial charge in [-0.3, -0.25) is 4.90 Å². The van der Waals surface area contributed by atoms with Crippen molar-refractivity contribution in [1.82, 2.24) is 4.90 Å². The number of ether oxygens (including phenoxy) is 2. The van der Waals surface area contributed by atoms with Crippen LogP contribution in [0.15, 0.2) is 0 Å². The summed E-state index contributed by atoms with van der Waals surface area (Å²) in [5.74, 6) is -1.03. The van der Waals surface area contributed by atoms with Crippen LogP contribution in [0.2, 0.25) is 0 Å². The molecule has 0 aromatic rings. The Morgan fingerprint density at radius 1 is 1.19 bits per heavy atom. The molecule has 2 atom stereocenters. The summed E-state index contributed by atoms with van der Waals surface area (Å²) in [6.45, 7) is 12.2. The third-order valence-corrected chi connectivity index (χ3v) is 2.93. The van der Waals surface area contributed by atoms with Crippen LogP contribution in [0.3, 0.4) is 0 Å². The highest BCUT2D eigenvalue weighted by atomic mass is 16.6. The van der Waals surface area contributed by atoms with Crippen LogP contribution in [0.25, 0.3) is 0 Å². The molecule has 1 amide bonds. The van der Waals surface area contributed by atoms with Gasteiger partial charge in [-0.1, -0.05) is 20.8 Å². The fraction of sp³-hybridized carbons (Fsp3) is 0.867. The number of aliphatic carboxylic acids is 1. The molecule has 1 rings (SSSR count). The Kier molecular flexibility index (Phi) is 5.25. The van der Waals surface area contributed by atoms with E-state index in [2.05, 4.69) is 0 Å². The maximum Gasteiger partial charge on any atom is 0.411 e. The number of carboxylic acid groups (broad SMARTS) is 1. The summed E-state index contributed by atoms with van der Waals surface area (Å²) < 4.78 is 11.0. The Labute approximate surface area is 126 Å². The average molecular weight is 301 g/mol. The predicted molar refractivity (Wildman–Crippen MR) is 78.2 cm³/mol. The number of amides is 1. The summed E-state index contributed by atoms with van der Waals surface area (Å²) in [6.07, 6.45) is -0.570. The van der Waals surface area contributed by atoms with Gasteiger partial charge in [0.1, 0.15) is 11.6 Å². The number of carbonyl (C=O) groups is 2. The van der Waals surface area contributed by atoms with E-state index in [0.717, 1.165) is 0 Å².